The van der Waals surface area contributed by atoms with Gasteiger partial charge in [-0.1, -0.05) is 30.3 Å². The highest BCUT2D eigenvalue weighted by atomic mass is 16.3. The molecule has 4 rings (SSSR count). The van der Waals surface area contributed by atoms with Crippen molar-refractivity contribution < 1.29 is 14.7 Å². The molecule has 0 bridgehead atoms. The number of pyridine rings is 1. The summed E-state index contributed by atoms with van der Waals surface area (Å²) >= 11 is 0. The van der Waals surface area contributed by atoms with Crippen molar-refractivity contribution in [3.05, 3.63) is 58.5 Å². The van der Waals surface area contributed by atoms with E-state index in [1.54, 1.807) is 29.6 Å². The van der Waals surface area contributed by atoms with Crippen LogP contribution >= 0.6 is 0 Å². The monoisotopic (exact) mass is 395 g/mol. The second kappa shape index (κ2) is 7.15. The smallest absolute Gasteiger partial charge is 0.258 e. The third-order valence-corrected chi connectivity index (χ3v) is 6.22. The van der Waals surface area contributed by atoms with Crippen LogP contribution in [0, 0.1) is 11.8 Å². The summed E-state index contributed by atoms with van der Waals surface area (Å²) in [5.74, 6) is -1.04. The van der Waals surface area contributed by atoms with E-state index in [2.05, 4.69) is 0 Å². The van der Waals surface area contributed by atoms with Crippen molar-refractivity contribution in [1.82, 2.24) is 14.4 Å². The van der Waals surface area contributed by atoms with E-state index in [0.29, 0.717) is 12.1 Å². The minimum Gasteiger partial charge on any atom is -0.396 e. The van der Waals surface area contributed by atoms with Crippen molar-refractivity contribution in [2.75, 3.05) is 20.7 Å². The Morgan fingerprint density at radius 2 is 1.83 bits per heavy atom. The molecule has 2 amide bonds. The van der Waals surface area contributed by atoms with Crippen LogP contribution in [0.2, 0.25) is 0 Å². The van der Waals surface area contributed by atoms with Gasteiger partial charge in [0.1, 0.15) is 6.04 Å². The van der Waals surface area contributed by atoms with Gasteiger partial charge in [-0.05, 0) is 17.7 Å². The van der Waals surface area contributed by atoms with Crippen LogP contribution in [-0.2, 0) is 16.1 Å². The third-order valence-electron chi connectivity index (χ3n) is 6.22. The molecule has 1 saturated heterocycles. The maximum Gasteiger partial charge on any atom is 0.258 e. The summed E-state index contributed by atoms with van der Waals surface area (Å²) in [6.45, 7) is 1.60. The summed E-state index contributed by atoms with van der Waals surface area (Å²) in [4.78, 5) is 41.6. The summed E-state index contributed by atoms with van der Waals surface area (Å²) in [5, 5.41) is 10.1. The summed E-state index contributed by atoms with van der Waals surface area (Å²) in [5.41, 5.74) is 2.05. The summed E-state index contributed by atoms with van der Waals surface area (Å²) in [6, 6.07) is 12.0. The minimum atomic E-state index is -0.722. The van der Waals surface area contributed by atoms with Gasteiger partial charge in [0.2, 0.25) is 11.8 Å². The molecule has 2 aliphatic heterocycles. The van der Waals surface area contributed by atoms with Crippen LogP contribution in [0.3, 0.4) is 0 Å². The molecule has 3 heterocycles. The zero-order valence-corrected chi connectivity index (χ0v) is 16.8. The lowest BCUT2D eigenvalue weighted by atomic mass is 9.88. The van der Waals surface area contributed by atoms with Crippen LogP contribution < -0.4 is 5.56 Å². The first-order valence-electron chi connectivity index (χ1n) is 9.77. The van der Waals surface area contributed by atoms with Crippen molar-refractivity contribution in [2.45, 2.75) is 25.6 Å². The fourth-order valence-electron chi connectivity index (χ4n) is 4.93. The van der Waals surface area contributed by atoms with E-state index in [-0.39, 0.29) is 29.9 Å². The molecule has 2 aromatic rings. The molecule has 0 saturated carbocycles. The fraction of sp³-hybridized carbons (Fsp3) is 0.409. The number of nitrogens with zero attached hydrogens (tertiary/aromatic N) is 3. The number of aliphatic hydroxyl groups is 1. The molecule has 4 atom stereocenters. The van der Waals surface area contributed by atoms with Crippen LogP contribution in [0.4, 0.5) is 0 Å². The number of fused-ring (bicyclic) bond motifs is 3. The average molecular weight is 395 g/mol. The number of aromatic nitrogens is 1. The van der Waals surface area contributed by atoms with Crippen molar-refractivity contribution in [3.8, 4) is 11.1 Å². The topological polar surface area (TPSA) is 82.8 Å². The molecule has 2 aliphatic rings. The summed E-state index contributed by atoms with van der Waals surface area (Å²) < 4.78 is 1.70. The Balaban J connectivity index is 1.82. The van der Waals surface area contributed by atoms with E-state index in [9.17, 15) is 19.5 Å². The Labute approximate surface area is 169 Å². The number of carbonyl (C=O) groups is 2. The van der Waals surface area contributed by atoms with Crippen LogP contribution in [0.15, 0.2) is 47.3 Å². The molecule has 1 aromatic carbocycles. The molecular weight excluding hydrogens is 370 g/mol. The van der Waals surface area contributed by atoms with Crippen LogP contribution in [-0.4, -0.2) is 58.0 Å². The average Bonchev–Trinajstić information content (AvgIpc) is 3.23. The zero-order chi connectivity index (χ0) is 20.9. The van der Waals surface area contributed by atoms with Crippen molar-refractivity contribution >= 4 is 11.8 Å². The Morgan fingerprint density at radius 1 is 1.14 bits per heavy atom. The Hall–Kier alpha value is -2.93. The lowest BCUT2D eigenvalue weighted by Crippen LogP contribution is -2.49. The first kappa shape index (κ1) is 19.4. The normalized spacial score (nSPS) is 24.9. The number of carbonyl (C=O) groups excluding carboxylic acids is 2. The zero-order valence-electron chi connectivity index (χ0n) is 16.8. The number of hydrogen-bond donors (Lipinski definition) is 1. The molecule has 1 aromatic heterocycles. The third kappa shape index (κ3) is 2.88. The van der Waals surface area contributed by atoms with E-state index in [1.165, 1.54) is 11.8 Å². The van der Waals surface area contributed by atoms with Gasteiger partial charge < -0.3 is 19.5 Å². The highest BCUT2D eigenvalue weighted by Crippen LogP contribution is 2.49. The summed E-state index contributed by atoms with van der Waals surface area (Å²) in [7, 11) is 3.29. The Kier molecular flexibility index (Phi) is 4.78. The molecule has 0 spiro atoms. The molecular formula is C22H25N3O4. The van der Waals surface area contributed by atoms with Gasteiger partial charge in [-0.3, -0.25) is 14.4 Å². The minimum absolute atomic E-state index is 0.112. The number of likely N-dealkylation sites (tertiary alicyclic amines) is 1. The summed E-state index contributed by atoms with van der Waals surface area (Å²) in [6.07, 6.45) is 0. The maximum atomic E-state index is 13.2. The number of likely N-dealkylation sites (N-methyl/N-ethyl adjacent to an activating group) is 1. The number of amides is 2. The van der Waals surface area contributed by atoms with Gasteiger partial charge in [-0.25, -0.2) is 0 Å². The van der Waals surface area contributed by atoms with Gasteiger partial charge in [-0.15, -0.1) is 0 Å². The number of hydrogen-bond acceptors (Lipinski definition) is 4. The Bertz CT molecular complexity index is 1010. The molecule has 7 nitrogen and oxygen atoms in total. The van der Waals surface area contributed by atoms with E-state index < -0.39 is 18.0 Å². The number of benzene rings is 1. The predicted molar refractivity (Wildman–Crippen MR) is 108 cm³/mol. The Morgan fingerprint density at radius 3 is 2.41 bits per heavy atom. The van der Waals surface area contributed by atoms with Crippen LogP contribution in [0.25, 0.3) is 11.1 Å². The maximum absolute atomic E-state index is 13.2. The van der Waals surface area contributed by atoms with Gasteiger partial charge in [0.05, 0.1) is 6.04 Å². The van der Waals surface area contributed by atoms with Crippen molar-refractivity contribution in [1.29, 1.82) is 0 Å². The standard InChI is InChI=1S/C22H25N3O4/c1-13(27)25-19-16(17(12-26)20(25)22(29)23(2)3)11-24-18(19)10-9-15(21(24)28)14-7-5-4-6-8-14/h4-10,16-17,19-20,26H,11-12H2,1-3H3/t16-,17-,19+,20-/m0/s1. The van der Waals surface area contributed by atoms with Gasteiger partial charge in [0.25, 0.3) is 5.56 Å². The number of rotatable bonds is 3. The second-order valence-corrected chi connectivity index (χ2v) is 8.01. The van der Waals surface area contributed by atoms with E-state index in [1.807, 2.05) is 36.4 Å². The highest BCUT2D eigenvalue weighted by molar-refractivity contribution is 5.88. The van der Waals surface area contributed by atoms with E-state index in [0.717, 1.165) is 11.3 Å². The quantitative estimate of drug-likeness (QED) is 0.844. The van der Waals surface area contributed by atoms with Gasteiger partial charge in [-0.2, -0.15) is 0 Å². The fourth-order valence-corrected chi connectivity index (χ4v) is 4.93. The first-order chi connectivity index (χ1) is 13.9. The van der Waals surface area contributed by atoms with Crippen LogP contribution in [0.5, 0.6) is 0 Å². The molecule has 0 unspecified atom stereocenters. The van der Waals surface area contributed by atoms with E-state index >= 15 is 0 Å². The molecule has 1 N–H and O–H groups in total. The second-order valence-electron chi connectivity index (χ2n) is 8.01. The van der Waals surface area contributed by atoms with Gasteiger partial charge in [0, 0.05) is 57.3 Å². The van der Waals surface area contributed by atoms with Crippen molar-refractivity contribution in [2.24, 2.45) is 11.8 Å². The number of aliphatic hydroxyl groups excluding tert-OH is 1. The predicted octanol–water partition coefficient (Wildman–Crippen LogP) is 1.11. The largest absolute Gasteiger partial charge is 0.396 e. The van der Waals surface area contributed by atoms with E-state index in [4.69, 9.17) is 0 Å². The highest BCUT2D eigenvalue weighted by Gasteiger charge is 2.56. The lowest BCUT2D eigenvalue weighted by Gasteiger charge is -2.31. The van der Waals surface area contributed by atoms with Crippen molar-refractivity contribution in [3.63, 3.8) is 0 Å². The molecule has 152 valence electrons. The molecule has 0 radical (unpaired) electrons. The van der Waals surface area contributed by atoms with Gasteiger partial charge >= 0.3 is 0 Å². The molecule has 29 heavy (non-hydrogen) atoms. The lowest BCUT2D eigenvalue weighted by molar-refractivity contribution is -0.144. The molecule has 1 fully saturated rings. The molecule has 0 aliphatic carbocycles. The van der Waals surface area contributed by atoms with Gasteiger partial charge in [0.15, 0.2) is 0 Å². The molecule has 7 heteroatoms. The first-order valence-corrected chi connectivity index (χ1v) is 9.77. The van der Waals surface area contributed by atoms with Crippen LogP contribution in [0.1, 0.15) is 18.7 Å². The SMILES string of the molecule is CC(=O)N1[C@H](C(=O)N(C)C)[C@@H](CO)[C@@H]2Cn3c(ccc(-c4ccccc4)c3=O)[C@@H]21.